The van der Waals surface area contributed by atoms with Gasteiger partial charge in [0, 0.05) is 51.6 Å². The largest absolute Gasteiger partial charge is 0.399 e. The molecule has 3 aromatic rings. The number of nitrogens with zero attached hydrogens (tertiary/aromatic N) is 4. The summed E-state index contributed by atoms with van der Waals surface area (Å²) in [7, 11) is 6.84. The van der Waals surface area contributed by atoms with Gasteiger partial charge in [0.1, 0.15) is 11.0 Å². The third-order valence-corrected chi connectivity index (χ3v) is 13.5. The number of hydrogen-bond donors (Lipinski definition) is 3. The number of carbonyl (C=O) groups excluding carboxylic acids is 4. The number of ether oxygens (including phenoxy) is 2. The minimum atomic E-state index is -0.810. The predicted molar refractivity (Wildman–Crippen MR) is 247 cm³/mol. The van der Waals surface area contributed by atoms with E-state index in [0.29, 0.717) is 31.6 Å². The van der Waals surface area contributed by atoms with E-state index in [1.807, 2.05) is 111 Å². The van der Waals surface area contributed by atoms with Crippen LogP contribution in [-0.4, -0.2) is 115 Å². The number of nitrogen functional groups attached to an aromatic ring is 1. The summed E-state index contributed by atoms with van der Waals surface area (Å²) < 4.78 is 12.2. The zero-order chi connectivity index (χ0) is 45.7. The van der Waals surface area contributed by atoms with E-state index in [2.05, 4.69) is 29.5 Å². The summed E-state index contributed by atoms with van der Waals surface area (Å²) in [5.74, 6) is -1.61. The first kappa shape index (κ1) is 50.3. The highest BCUT2D eigenvalue weighted by molar-refractivity contribution is 7.09. The molecule has 0 spiro atoms. The summed E-state index contributed by atoms with van der Waals surface area (Å²) in [6.07, 6.45) is 3.37. The van der Waals surface area contributed by atoms with Gasteiger partial charge in [0.25, 0.3) is 0 Å². The van der Waals surface area contributed by atoms with Crippen molar-refractivity contribution in [2.24, 2.45) is 23.7 Å². The van der Waals surface area contributed by atoms with Crippen LogP contribution in [0.1, 0.15) is 96.3 Å². The summed E-state index contributed by atoms with van der Waals surface area (Å²) >= 11 is 1.50. The Hall–Kier alpha value is -4.37. The van der Waals surface area contributed by atoms with Crippen LogP contribution in [0.4, 0.5) is 5.69 Å². The van der Waals surface area contributed by atoms with Crippen molar-refractivity contribution in [2.45, 2.75) is 130 Å². The van der Waals surface area contributed by atoms with Crippen LogP contribution in [0.3, 0.4) is 0 Å². The van der Waals surface area contributed by atoms with Gasteiger partial charge in [-0.2, -0.15) is 0 Å². The summed E-state index contributed by atoms with van der Waals surface area (Å²) in [6, 6.07) is 15.2. The van der Waals surface area contributed by atoms with E-state index in [1.54, 1.807) is 32.4 Å². The Kier molecular flexibility index (Phi) is 19.4. The second-order valence-corrected chi connectivity index (χ2v) is 18.7. The molecule has 1 aromatic heterocycles. The van der Waals surface area contributed by atoms with Crippen molar-refractivity contribution in [3.05, 3.63) is 82.3 Å². The molecule has 1 fully saturated rings. The number of amides is 4. The van der Waals surface area contributed by atoms with Crippen LogP contribution in [0.15, 0.2) is 66.2 Å². The van der Waals surface area contributed by atoms with E-state index >= 15 is 0 Å². The average Bonchev–Trinajstić information content (AvgIpc) is 3.96. The Morgan fingerprint density at radius 1 is 0.919 bits per heavy atom. The molecule has 4 amide bonds. The van der Waals surface area contributed by atoms with Crippen molar-refractivity contribution in [3.63, 3.8) is 0 Å². The Balaban J connectivity index is 1.48. The molecular formula is C48H73N7O6S. The molecule has 13 nitrogen and oxygen atoms in total. The van der Waals surface area contributed by atoms with Gasteiger partial charge < -0.3 is 35.6 Å². The van der Waals surface area contributed by atoms with Gasteiger partial charge in [-0.05, 0) is 67.3 Å². The van der Waals surface area contributed by atoms with Gasteiger partial charge in [-0.3, -0.25) is 24.1 Å². The number of likely N-dealkylation sites (N-methyl/N-ethyl adjacent to an activating group) is 2. The number of nitrogens with one attached hydrogen (secondary N) is 2. The summed E-state index contributed by atoms with van der Waals surface area (Å²) in [4.78, 5) is 67.1. The van der Waals surface area contributed by atoms with Gasteiger partial charge >= 0.3 is 0 Å². The molecule has 4 rings (SSSR count). The van der Waals surface area contributed by atoms with Gasteiger partial charge in [-0.15, -0.1) is 11.3 Å². The van der Waals surface area contributed by atoms with Crippen LogP contribution >= 0.6 is 11.3 Å². The molecule has 14 heteroatoms. The van der Waals surface area contributed by atoms with E-state index in [9.17, 15) is 19.2 Å². The summed E-state index contributed by atoms with van der Waals surface area (Å²) in [5.41, 5.74) is 8.78. The van der Waals surface area contributed by atoms with Crippen molar-refractivity contribution in [2.75, 3.05) is 40.6 Å². The highest BCUT2D eigenvalue weighted by Crippen LogP contribution is 2.31. The Bertz CT molecular complexity index is 1860. The monoisotopic (exact) mass is 876 g/mol. The Morgan fingerprint density at radius 3 is 2.19 bits per heavy atom. The van der Waals surface area contributed by atoms with E-state index in [1.165, 1.54) is 11.3 Å². The second kappa shape index (κ2) is 23.9. The number of nitrogens with two attached hydrogens (primary N) is 1. The average molecular weight is 876 g/mol. The molecule has 2 aromatic carbocycles. The van der Waals surface area contributed by atoms with Crippen LogP contribution in [0.25, 0.3) is 0 Å². The molecule has 0 radical (unpaired) electrons. The van der Waals surface area contributed by atoms with Gasteiger partial charge in [-0.25, -0.2) is 4.98 Å². The predicted octanol–water partition coefficient (Wildman–Crippen LogP) is 6.34. The molecule has 0 unspecified atom stereocenters. The maximum atomic E-state index is 14.6. The number of hydrogen-bond acceptors (Lipinski definition) is 10. The standard InChI is InChI=1S/C48H73N7O6S/c1-12-32(6)43(54(9)48(59)41(30(2)3)52-46(58)42(31(4)5)53(8)29-35-20-16-21-36(49)26-35)39(60-10)28-40(56)55-24-17-22-38(55)44(61-11)33(7)45(57)51-37(47-50-23-25-62-47)27-34-18-14-13-15-19-34/h13-16,18-21,23,25-26,30-33,37-39,41-44H,12,17,22,24,27-29,49H2,1-11H3,(H,51,57)(H,52,58)/t32-,33+,37-,38-,39+,41-,42-,43-,44+/m0/s1. The molecule has 4 N–H and O–H groups in total. The number of carbonyl (C=O) groups is 4. The number of rotatable bonds is 23. The van der Waals surface area contributed by atoms with Crippen molar-refractivity contribution in [3.8, 4) is 0 Å². The molecule has 0 saturated carbocycles. The molecule has 9 atom stereocenters. The van der Waals surface area contributed by atoms with E-state index in [0.717, 1.165) is 29.0 Å². The molecular weight excluding hydrogens is 803 g/mol. The topological polar surface area (TPSA) is 159 Å². The number of likely N-dealkylation sites (tertiary alicyclic amines) is 1. The minimum Gasteiger partial charge on any atom is -0.399 e. The number of benzene rings is 2. The molecule has 1 aliphatic heterocycles. The number of aromatic nitrogens is 1. The fraction of sp³-hybridized carbons (Fsp3) is 0.604. The Morgan fingerprint density at radius 2 is 1.61 bits per heavy atom. The highest BCUT2D eigenvalue weighted by atomic mass is 32.1. The van der Waals surface area contributed by atoms with Crippen LogP contribution < -0.4 is 16.4 Å². The zero-order valence-corrected chi connectivity index (χ0v) is 39.7. The SMILES string of the molecule is CC[C@H](C)[C@@H]([C@@H](CC(=O)N1CCC[C@H]1[C@H](OC)[C@@H](C)C(=O)N[C@@H](Cc1ccccc1)c1nccs1)OC)N(C)C(=O)[C@@H](NC(=O)[C@H](C(C)C)N(C)Cc1cccc(N)c1)C(C)C. The lowest BCUT2D eigenvalue weighted by atomic mass is 9.89. The molecule has 62 heavy (non-hydrogen) atoms. The van der Waals surface area contributed by atoms with E-state index < -0.39 is 36.3 Å². The molecule has 1 aliphatic rings. The first-order chi connectivity index (χ1) is 29.5. The lowest BCUT2D eigenvalue weighted by molar-refractivity contribution is -0.148. The highest BCUT2D eigenvalue weighted by Gasteiger charge is 2.43. The van der Waals surface area contributed by atoms with Crippen molar-refractivity contribution in [1.29, 1.82) is 0 Å². The smallest absolute Gasteiger partial charge is 0.245 e. The lowest BCUT2D eigenvalue weighted by Gasteiger charge is -2.41. The number of thiazole rings is 1. The minimum absolute atomic E-state index is 0.0305. The van der Waals surface area contributed by atoms with Crippen molar-refractivity contribution in [1.82, 2.24) is 30.3 Å². The molecule has 342 valence electrons. The third-order valence-electron chi connectivity index (χ3n) is 12.6. The Labute approximate surface area is 374 Å². The number of anilines is 1. The summed E-state index contributed by atoms with van der Waals surface area (Å²) in [5, 5.41) is 9.10. The van der Waals surface area contributed by atoms with Gasteiger partial charge in [-0.1, -0.05) is 97.4 Å². The third kappa shape index (κ3) is 13.1. The van der Waals surface area contributed by atoms with Crippen LogP contribution in [0.5, 0.6) is 0 Å². The van der Waals surface area contributed by atoms with Crippen LogP contribution in [0.2, 0.25) is 0 Å². The molecule has 0 bridgehead atoms. The van der Waals surface area contributed by atoms with Crippen molar-refractivity contribution < 1.29 is 28.7 Å². The van der Waals surface area contributed by atoms with Crippen LogP contribution in [0, 0.1) is 23.7 Å². The van der Waals surface area contributed by atoms with Crippen molar-refractivity contribution >= 4 is 40.7 Å². The van der Waals surface area contributed by atoms with Gasteiger partial charge in [0.05, 0.1) is 48.7 Å². The maximum Gasteiger partial charge on any atom is 0.245 e. The van der Waals surface area contributed by atoms with Gasteiger partial charge in [0.2, 0.25) is 23.6 Å². The molecule has 1 saturated heterocycles. The first-order valence-corrected chi connectivity index (χ1v) is 23.1. The fourth-order valence-corrected chi connectivity index (χ4v) is 9.82. The quantitative estimate of drug-likeness (QED) is 0.0925. The zero-order valence-electron chi connectivity index (χ0n) is 38.9. The normalized spacial score (nSPS) is 18.2. The lowest BCUT2D eigenvalue weighted by Crippen LogP contribution is -2.60. The maximum absolute atomic E-state index is 14.6. The molecule has 0 aliphatic carbocycles. The fourth-order valence-electron chi connectivity index (χ4n) is 9.13. The van der Waals surface area contributed by atoms with Gasteiger partial charge in [0.15, 0.2) is 0 Å². The summed E-state index contributed by atoms with van der Waals surface area (Å²) in [6.45, 7) is 14.9. The van der Waals surface area contributed by atoms with E-state index in [-0.39, 0.29) is 59.9 Å². The second-order valence-electron chi connectivity index (χ2n) is 17.8. The van der Waals surface area contributed by atoms with E-state index in [4.69, 9.17) is 15.2 Å². The van der Waals surface area contributed by atoms with Crippen LogP contribution in [-0.2, 0) is 41.6 Å². The first-order valence-electron chi connectivity index (χ1n) is 22.2. The molecule has 2 heterocycles. The number of methoxy groups -OCH3 is 2.